The van der Waals surface area contributed by atoms with Crippen LogP contribution >= 0.6 is 0 Å². The number of aryl methyl sites for hydroxylation is 1. The standard InChI is InChI=1S/C19H20N2O4/c22-18(23)20-11-5-4-8-15-12-16(9-10-17(15)20)21(19(24)25)13-14-6-2-1-3-7-14/h1-3,6-7,9-10,12H,4-5,8,11,13H2,(H,22,23)(H,24,25). The normalized spacial score (nSPS) is 13.7. The SMILES string of the molecule is O=C(O)N(Cc1ccccc1)c1ccc2c(c1)CCCCN2C(=O)O. The first kappa shape index (κ1) is 16.8. The Morgan fingerprint density at radius 1 is 1.04 bits per heavy atom. The van der Waals surface area contributed by atoms with Crippen molar-refractivity contribution in [1.29, 1.82) is 0 Å². The Labute approximate surface area is 145 Å². The van der Waals surface area contributed by atoms with Gasteiger partial charge in [-0.3, -0.25) is 9.80 Å². The fraction of sp³-hybridized carbons (Fsp3) is 0.263. The molecule has 2 amide bonds. The van der Waals surface area contributed by atoms with Crippen LogP contribution < -0.4 is 9.80 Å². The van der Waals surface area contributed by atoms with Crippen molar-refractivity contribution in [1.82, 2.24) is 0 Å². The van der Waals surface area contributed by atoms with Gasteiger partial charge in [0.2, 0.25) is 0 Å². The first-order valence-electron chi connectivity index (χ1n) is 8.24. The molecule has 0 atom stereocenters. The van der Waals surface area contributed by atoms with Crippen LogP contribution in [-0.2, 0) is 13.0 Å². The molecular weight excluding hydrogens is 320 g/mol. The van der Waals surface area contributed by atoms with E-state index >= 15 is 0 Å². The lowest BCUT2D eigenvalue weighted by molar-refractivity contribution is 0.200. The van der Waals surface area contributed by atoms with E-state index in [-0.39, 0.29) is 6.54 Å². The molecule has 0 fully saturated rings. The molecule has 0 spiro atoms. The van der Waals surface area contributed by atoms with Crippen LogP contribution in [0.2, 0.25) is 0 Å². The zero-order valence-electron chi connectivity index (χ0n) is 13.8. The van der Waals surface area contributed by atoms with Gasteiger partial charge >= 0.3 is 12.2 Å². The van der Waals surface area contributed by atoms with E-state index in [0.717, 1.165) is 30.4 Å². The van der Waals surface area contributed by atoms with E-state index < -0.39 is 12.2 Å². The summed E-state index contributed by atoms with van der Waals surface area (Å²) in [5.41, 5.74) is 2.98. The molecule has 1 aliphatic rings. The predicted molar refractivity (Wildman–Crippen MR) is 95.4 cm³/mol. The number of amides is 2. The summed E-state index contributed by atoms with van der Waals surface area (Å²) in [6.07, 6.45) is 0.406. The maximum atomic E-state index is 11.7. The Morgan fingerprint density at radius 2 is 1.80 bits per heavy atom. The molecule has 130 valence electrons. The third-order valence-electron chi connectivity index (χ3n) is 4.39. The Balaban J connectivity index is 1.94. The largest absolute Gasteiger partial charge is 0.465 e. The minimum atomic E-state index is -1.03. The van der Waals surface area contributed by atoms with E-state index in [1.807, 2.05) is 30.3 Å². The molecule has 1 aliphatic heterocycles. The van der Waals surface area contributed by atoms with Crippen LogP contribution in [-0.4, -0.2) is 28.9 Å². The van der Waals surface area contributed by atoms with Gasteiger partial charge in [0.1, 0.15) is 0 Å². The molecule has 2 aromatic carbocycles. The molecule has 0 radical (unpaired) electrons. The summed E-state index contributed by atoms with van der Waals surface area (Å²) in [4.78, 5) is 25.8. The summed E-state index contributed by atoms with van der Waals surface area (Å²) in [6, 6.07) is 14.6. The Hall–Kier alpha value is -3.02. The van der Waals surface area contributed by atoms with Crippen molar-refractivity contribution in [3.63, 3.8) is 0 Å². The van der Waals surface area contributed by atoms with Gasteiger partial charge < -0.3 is 10.2 Å². The van der Waals surface area contributed by atoms with Gasteiger partial charge in [0, 0.05) is 12.2 Å². The number of hydrogen-bond acceptors (Lipinski definition) is 2. The van der Waals surface area contributed by atoms with Crippen LogP contribution in [0.3, 0.4) is 0 Å². The summed E-state index contributed by atoms with van der Waals surface area (Å²) in [5.74, 6) is 0. The van der Waals surface area contributed by atoms with Gasteiger partial charge in [0.05, 0.1) is 12.2 Å². The zero-order valence-corrected chi connectivity index (χ0v) is 13.8. The van der Waals surface area contributed by atoms with E-state index in [0.29, 0.717) is 17.9 Å². The highest BCUT2D eigenvalue weighted by atomic mass is 16.4. The van der Waals surface area contributed by atoms with Gasteiger partial charge in [-0.1, -0.05) is 30.3 Å². The molecule has 2 N–H and O–H groups in total. The van der Waals surface area contributed by atoms with Gasteiger partial charge in [-0.15, -0.1) is 0 Å². The molecule has 0 saturated carbocycles. The second-order valence-corrected chi connectivity index (χ2v) is 6.06. The molecule has 3 rings (SSSR count). The van der Waals surface area contributed by atoms with E-state index in [9.17, 15) is 19.8 Å². The molecule has 0 aliphatic carbocycles. The lowest BCUT2D eigenvalue weighted by Crippen LogP contribution is -2.31. The topological polar surface area (TPSA) is 81.1 Å². The zero-order chi connectivity index (χ0) is 17.8. The van der Waals surface area contributed by atoms with E-state index in [4.69, 9.17) is 0 Å². The Kier molecular flexibility index (Phi) is 4.88. The van der Waals surface area contributed by atoms with Crippen LogP contribution in [0.1, 0.15) is 24.0 Å². The third kappa shape index (κ3) is 3.74. The quantitative estimate of drug-likeness (QED) is 0.878. The van der Waals surface area contributed by atoms with Crippen molar-refractivity contribution in [2.75, 3.05) is 16.3 Å². The number of fused-ring (bicyclic) bond motifs is 1. The van der Waals surface area contributed by atoms with E-state index in [1.165, 1.54) is 9.80 Å². The number of carbonyl (C=O) groups is 2. The van der Waals surface area contributed by atoms with Crippen molar-refractivity contribution in [3.05, 3.63) is 59.7 Å². The minimum Gasteiger partial charge on any atom is -0.465 e. The van der Waals surface area contributed by atoms with Crippen LogP contribution in [0, 0.1) is 0 Å². The first-order valence-corrected chi connectivity index (χ1v) is 8.24. The molecular formula is C19H20N2O4. The Morgan fingerprint density at radius 3 is 2.48 bits per heavy atom. The number of anilines is 2. The second-order valence-electron chi connectivity index (χ2n) is 6.06. The molecule has 6 nitrogen and oxygen atoms in total. The van der Waals surface area contributed by atoms with Crippen LogP contribution in [0.15, 0.2) is 48.5 Å². The highest BCUT2D eigenvalue weighted by Gasteiger charge is 2.23. The highest BCUT2D eigenvalue weighted by molar-refractivity contribution is 5.90. The second kappa shape index (κ2) is 7.25. The number of rotatable bonds is 3. The van der Waals surface area contributed by atoms with Crippen molar-refractivity contribution in [2.45, 2.75) is 25.8 Å². The van der Waals surface area contributed by atoms with Crippen molar-refractivity contribution in [3.8, 4) is 0 Å². The molecule has 2 aromatic rings. The van der Waals surface area contributed by atoms with Gasteiger partial charge in [0.25, 0.3) is 0 Å². The summed E-state index contributed by atoms with van der Waals surface area (Å²) in [6.45, 7) is 0.714. The maximum Gasteiger partial charge on any atom is 0.412 e. The van der Waals surface area contributed by atoms with Gasteiger partial charge in [-0.25, -0.2) is 9.59 Å². The number of carboxylic acid groups (broad SMARTS) is 2. The van der Waals surface area contributed by atoms with Crippen LogP contribution in [0.5, 0.6) is 0 Å². The monoisotopic (exact) mass is 340 g/mol. The Bertz CT molecular complexity index is 776. The molecule has 0 aromatic heterocycles. The highest BCUT2D eigenvalue weighted by Crippen LogP contribution is 2.31. The predicted octanol–water partition coefficient (Wildman–Crippen LogP) is 4.19. The molecule has 0 bridgehead atoms. The maximum absolute atomic E-state index is 11.7. The van der Waals surface area contributed by atoms with Crippen molar-refractivity contribution in [2.24, 2.45) is 0 Å². The van der Waals surface area contributed by atoms with Gasteiger partial charge in [0.15, 0.2) is 0 Å². The molecule has 1 heterocycles. The summed E-state index contributed by atoms with van der Waals surface area (Å²) in [7, 11) is 0. The minimum absolute atomic E-state index is 0.248. The lowest BCUT2D eigenvalue weighted by atomic mass is 10.1. The third-order valence-corrected chi connectivity index (χ3v) is 4.39. The molecule has 0 saturated heterocycles. The van der Waals surface area contributed by atoms with Crippen LogP contribution in [0.4, 0.5) is 21.0 Å². The van der Waals surface area contributed by atoms with E-state index in [2.05, 4.69) is 0 Å². The molecule has 25 heavy (non-hydrogen) atoms. The number of hydrogen-bond donors (Lipinski definition) is 2. The average Bonchev–Trinajstić information content (AvgIpc) is 2.82. The summed E-state index contributed by atoms with van der Waals surface area (Å²) >= 11 is 0. The molecule has 6 heteroatoms. The first-order chi connectivity index (χ1) is 12.1. The van der Waals surface area contributed by atoms with Crippen LogP contribution in [0.25, 0.3) is 0 Å². The molecule has 0 unspecified atom stereocenters. The van der Waals surface area contributed by atoms with Gasteiger partial charge in [-0.2, -0.15) is 0 Å². The number of nitrogens with zero attached hydrogens (tertiary/aromatic N) is 2. The van der Waals surface area contributed by atoms with E-state index in [1.54, 1.807) is 18.2 Å². The van der Waals surface area contributed by atoms with Crippen molar-refractivity contribution >= 4 is 23.6 Å². The summed E-state index contributed by atoms with van der Waals surface area (Å²) < 4.78 is 0. The summed E-state index contributed by atoms with van der Waals surface area (Å²) in [5, 5.41) is 19.0. The lowest BCUT2D eigenvalue weighted by Gasteiger charge is -2.23. The van der Waals surface area contributed by atoms with Gasteiger partial charge in [-0.05, 0) is 48.6 Å². The fourth-order valence-electron chi connectivity index (χ4n) is 3.14. The fourth-order valence-corrected chi connectivity index (χ4v) is 3.14. The van der Waals surface area contributed by atoms with Crippen molar-refractivity contribution < 1.29 is 19.8 Å². The smallest absolute Gasteiger partial charge is 0.412 e. The average molecular weight is 340 g/mol. The number of benzene rings is 2.